The van der Waals surface area contributed by atoms with Gasteiger partial charge in [-0.15, -0.1) is 10.2 Å². The molecule has 0 aromatic carbocycles. The maximum atomic E-state index is 4.19. The predicted molar refractivity (Wildman–Crippen MR) is 70.1 cm³/mol. The second-order valence-corrected chi connectivity index (χ2v) is 5.62. The Kier molecular flexibility index (Phi) is 3.61. The molecule has 1 saturated carbocycles. The Labute approximate surface area is 109 Å². The second-order valence-electron chi connectivity index (χ2n) is 5.62. The topological polar surface area (TPSA) is 46.0 Å². The van der Waals surface area contributed by atoms with Crippen LogP contribution in [0.15, 0.2) is 6.33 Å². The molecule has 1 aliphatic carbocycles. The summed E-state index contributed by atoms with van der Waals surface area (Å²) in [5.74, 6) is 1.93. The van der Waals surface area contributed by atoms with Crippen molar-refractivity contribution < 1.29 is 0 Å². The van der Waals surface area contributed by atoms with Crippen molar-refractivity contribution >= 4 is 0 Å². The second kappa shape index (κ2) is 5.36. The first kappa shape index (κ1) is 12.1. The third-order valence-corrected chi connectivity index (χ3v) is 4.49. The van der Waals surface area contributed by atoms with Crippen LogP contribution in [0.5, 0.6) is 0 Å². The molecule has 1 N–H and O–H groups in total. The summed E-state index contributed by atoms with van der Waals surface area (Å²) in [6.07, 6.45) is 7.34. The summed E-state index contributed by atoms with van der Waals surface area (Å²) >= 11 is 0. The fourth-order valence-corrected chi connectivity index (χ4v) is 3.41. The van der Waals surface area contributed by atoms with E-state index in [1.165, 1.54) is 32.2 Å². The lowest BCUT2D eigenvalue weighted by Gasteiger charge is -2.36. The molecule has 0 saturated heterocycles. The normalized spacial score (nSPS) is 29.2. The standard InChI is InChI=1S/C13H23N5/c1-14-12-5-3-2-4-11(12)8-17-6-7-18-10-15-16-13(18)9-17/h10-12,14H,2-9H2,1H3. The Bertz CT molecular complexity index is 388. The highest BCUT2D eigenvalue weighted by molar-refractivity contribution is 4.91. The van der Waals surface area contributed by atoms with Crippen LogP contribution in [0.4, 0.5) is 0 Å². The van der Waals surface area contributed by atoms with Gasteiger partial charge in [0.2, 0.25) is 0 Å². The molecular formula is C13H23N5. The number of hydrogen-bond donors (Lipinski definition) is 1. The molecule has 0 spiro atoms. The zero-order valence-electron chi connectivity index (χ0n) is 11.2. The van der Waals surface area contributed by atoms with Crippen molar-refractivity contribution in [3.63, 3.8) is 0 Å². The first-order valence-corrected chi connectivity index (χ1v) is 7.13. The van der Waals surface area contributed by atoms with E-state index in [-0.39, 0.29) is 0 Å². The largest absolute Gasteiger partial charge is 0.317 e. The van der Waals surface area contributed by atoms with Gasteiger partial charge in [-0.2, -0.15) is 0 Å². The van der Waals surface area contributed by atoms with Gasteiger partial charge in [0.05, 0.1) is 6.54 Å². The predicted octanol–water partition coefficient (Wildman–Crippen LogP) is 0.872. The Balaban J connectivity index is 1.60. The number of hydrogen-bond acceptors (Lipinski definition) is 4. The quantitative estimate of drug-likeness (QED) is 0.863. The summed E-state index contributed by atoms with van der Waals surface area (Å²) in [5.41, 5.74) is 0. The summed E-state index contributed by atoms with van der Waals surface area (Å²) in [5, 5.41) is 11.7. The van der Waals surface area contributed by atoms with Crippen molar-refractivity contribution in [2.45, 2.75) is 44.8 Å². The van der Waals surface area contributed by atoms with E-state index in [4.69, 9.17) is 0 Å². The van der Waals surface area contributed by atoms with Gasteiger partial charge in [-0.25, -0.2) is 0 Å². The van der Waals surface area contributed by atoms with Crippen LogP contribution in [0.3, 0.4) is 0 Å². The van der Waals surface area contributed by atoms with Crippen LogP contribution >= 0.6 is 0 Å². The Morgan fingerprint density at radius 1 is 1.33 bits per heavy atom. The van der Waals surface area contributed by atoms with Crippen molar-refractivity contribution in [3.05, 3.63) is 12.2 Å². The SMILES string of the molecule is CNC1CCCCC1CN1CCn2cnnc2C1. The lowest BCUT2D eigenvalue weighted by molar-refractivity contribution is 0.144. The minimum Gasteiger partial charge on any atom is -0.317 e. The molecule has 1 fully saturated rings. The Morgan fingerprint density at radius 2 is 2.22 bits per heavy atom. The van der Waals surface area contributed by atoms with Gasteiger partial charge in [0.25, 0.3) is 0 Å². The molecule has 5 nitrogen and oxygen atoms in total. The Hall–Kier alpha value is -0.940. The summed E-state index contributed by atoms with van der Waals surface area (Å²) in [6, 6.07) is 0.707. The highest BCUT2D eigenvalue weighted by Crippen LogP contribution is 2.26. The molecule has 1 aromatic heterocycles. The number of fused-ring (bicyclic) bond motifs is 1. The van der Waals surface area contributed by atoms with Crippen LogP contribution in [0.1, 0.15) is 31.5 Å². The molecule has 1 aliphatic heterocycles. The van der Waals surface area contributed by atoms with E-state index in [0.717, 1.165) is 31.4 Å². The van der Waals surface area contributed by atoms with E-state index >= 15 is 0 Å². The summed E-state index contributed by atoms with van der Waals surface area (Å²) < 4.78 is 2.17. The smallest absolute Gasteiger partial charge is 0.147 e. The van der Waals surface area contributed by atoms with Gasteiger partial charge < -0.3 is 9.88 Å². The van der Waals surface area contributed by atoms with E-state index in [1.54, 1.807) is 0 Å². The third kappa shape index (κ3) is 2.42. The number of aromatic nitrogens is 3. The molecule has 1 aromatic rings. The van der Waals surface area contributed by atoms with E-state index in [2.05, 4.69) is 32.0 Å². The number of rotatable bonds is 3. The molecule has 100 valence electrons. The van der Waals surface area contributed by atoms with Crippen molar-refractivity contribution in [1.29, 1.82) is 0 Å². The Morgan fingerprint density at radius 3 is 3.11 bits per heavy atom. The van der Waals surface area contributed by atoms with Crippen LogP contribution in [0, 0.1) is 5.92 Å². The van der Waals surface area contributed by atoms with Crippen molar-refractivity contribution in [2.75, 3.05) is 20.1 Å². The van der Waals surface area contributed by atoms with E-state index in [9.17, 15) is 0 Å². The van der Waals surface area contributed by atoms with E-state index in [0.29, 0.717) is 6.04 Å². The lowest BCUT2D eigenvalue weighted by atomic mass is 9.84. The van der Waals surface area contributed by atoms with Gasteiger partial charge in [0, 0.05) is 25.7 Å². The van der Waals surface area contributed by atoms with E-state index in [1.807, 2.05) is 6.33 Å². The molecule has 0 bridgehead atoms. The molecule has 2 unspecified atom stereocenters. The fraction of sp³-hybridized carbons (Fsp3) is 0.846. The average molecular weight is 249 g/mol. The van der Waals surface area contributed by atoms with Gasteiger partial charge in [-0.3, -0.25) is 4.90 Å². The molecule has 3 rings (SSSR count). The first-order valence-electron chi connectivity index (χ1n) is 7.13. The van der Waals surface area contributed by atoms with Crippen LogP contribution in [0.25, 0.3) is 0 Å². The molecule has 5 heteroatoms. The zero-order valence-corrected chi connectivity index (χ0v) is 11.2. The van der Waals surface area contributed by atoms with Crippen LogP contribution in [-0.4, -0.2) is 45.8 Å². The minimum absolute atomic E-state index is 0.707. The van der Waals surface area contributed by atoms with Crippen LogP contribution in [-0.2, 0) is 13.1 Å². The van der Waals surface area contributed by atoms with E-state index < -0.39 is 0 Å². The van der Waals surface area contributed by atoms with Gasteiger partial charge in [0.15, 0.2) is 0 Å². The zero-order chi connectivity index (χ0) is 12.4. The molecule has 2 aliphatic rings. The van der Waals surface area contributed by atoms with Crippen LogP contribution in [0.2, 0.25) is 0 Å². The summed E-state index contributed by atoms with van der Waals surface area (Å²) in [7, 11) is 2.11. The maximum Gasteiger partial charge on any atom is 0.147 e. The van der Waals surface area contributed by atoms with Crippen molar-refractivity contribution in [1.82, 2.24) is 25.0 Å². The summed E-state index contributed by atoms with van der Waals surface area (Å²) in [6.45, 7) is 4.35. The molecule has 2 heterocycles. The van der Waals surface area contributed by atoms with Gasteiger partial charge >= 0.3 is 0 Å². The highest BCUT2D eigenvalue weighted by atomic mass is 15.3. The highest BCUT2D eigenvalue weighted by Gasteiger charge is 2.27. The lowest BCUT2D eigenvalue weighted by Crippen LogP contribution is -2.44. The summed E-state index contributed by atoms with van der Waals surface area (Å²) in [4.78, 5) is 2.55. The number of nitrogens with one attached hydrogen (secondary N) is 1. The molecule has 2 atom stereocenters. The minimum atomic E-state index is 0.707. The molecule has 0 amide bonds. The van der Waals surface area contributed by atoms with Gasteiger partial charge in [0.1, 0.15) is 12.2 Å². The van der Waals surface area contributed by atoms with Gasteiger partial charge in [-0.1, -0.05) is 12.8 Å². The van der Waals surface area contributed by atoms with Crippen molar-refractivity contribution in [2.24, 2.45) is 5.92 Å². The first-order chi connectivity index (χ1) is 8.86. The molecular weight excluding hydrogens is 226 g/mol. The van der Waals surface area contributed by atoms with Crippen molar-refractivity contribution in [3.8, 4) is 0 Å². The third-order valence-electron chi connectivity index (χ3n) is 4.49. The monoisotopic (exact) mass is 249 g/mol. The fourth-order valence-electron chi connectivity index (χ4n) is 3.41. The maximum absolute atomic E-state index is 4.19. The van der Waals surface area contributed by atoms with Gasteiger partial charge in [-0.05, 0) is 25.8 Å². The average Bonchev–Trinajstić information content (AvgIpc) is 2.87. The van der Waals surface area contributed by atoms with Crippen LogP contribution < -0.4 is 5.32 Å². The number of nitrogens with zero attached hydrogens (tertiary/aromatic N) is 4. The molecule has 0 radical (unpaired) electrons. The molecule has 18 heavy (non-hydrogen) atoms.